The maximum Gasteiger partial charge on any atom is 0.425 e. The van der Waals surface area contributed by atoms with Crippen molar-refractivity contribution in [1.29, 1.82) is 0 Å². The largest absolute Gasteiger partial charge is 0.479 e. The van der Waals surface area contributed by atoms with Crippen LogP contribution in [0.2, 0.25) is 0 Å². The number of carboxylic acid groups (broad SMARTS) is 1. The Morgan fingerprint density at radius 2 is 1.78 bits per heavy atom. The van der Waals surface area contributed by atoms with Gasteiger partial charge in [0.15, 0.2) is 0 Å². The number of carbonyl (C=O) groups is 1. The predicted octanol–water partition coefficient (Wildman–Crippen LogP) is -0.00580. The van der Waals surface area contributed by atoms with Crippen LogP contribution in [-0.2, 0) is 4.79 Å². The van der Waals surface area contributed by atoms with E-state index in [9.17, 15) is 18.0 Å². The van der Waals surface area contributed by atoms with Gasteiger partial charge in [0.05, 0.1) is 0 Å². The molecular weight excluding hydrogens is 141 g/mol. The molecule has 0 aromatic carbocycles. The molecule has 0 unspecified atom stereocenters. The highest BCUT2D eigenvalue weighted by atomic mass is 19.4. The van der Waals surface area contributed by atoms with Crippen LogP contribution in [0.4, 0.5) is 13.2 Å². The standard InChI is InChI=1S/C3H3F3O3/c4-3(5,6)1(7)2(8)9/h1,7H,(H,8,9)/t1-/m1/s1. The molecule has 0 heterocycles. The molecular formula is C3H3F3O3. The number of carboxylic acids is 1. The highest BCUT2D eigenvalue weighted by Gasteiger charge is 2.43. The van der Waals surface area contributed by atoms with Crippen LogP contribution >= 0.6 is 0 Å². The molecule has 0 fully saturated rings. The molecule has 0 aliphatic heterocycles. The molecule has 0 bridgehead atoms. The quantitative estimate of drug-likeness (QED) is 0.544. The summed E-state index contributed by atoms with van der Waals surface area (Å²) in [6.07, 6.45) is -8.33. The van der Waals surface area contributed by atoms with Crippen molar-refractivity contribution in [3.8, 4) is 0 Å². The Labute approximate surface area is 47.7 Å². The van der Waals surface area contributed by atoms with Gasteiger partial charge < -0.3 is 10.2 Å². The average molecular weight is 144 g/mol. The molecule has 0 aromatic heterocycles. The lowest BCUT2D eigenvalue weighted by Gasteiger charge is -2.07. The average Bonchev–Trinajstić information content (AvgIpc) is 1.62. The minimum absolute atomic E-state index is 2.29. The number of alkyl halides is 3. The molecule has 6 heteroatoms. The summed E-state index contributed by atoms with van der Waals surface area (Å²) in [5.41, 5.74) is 0. The van der Waals surface area contributed by atoms with Crippen molar-refractivity contribution in [1.82, 2.24) is 0 Å². The Morgan fingerprint density at radius 3 is 1.78 bits per heavy atom. The van der Waals surface area contributed by atoms with Gasteiger partial charge in [0.25, 0.3) is 0 Å². The summed E-state index contributed by atoms with van der Waals surface area (Å²) in [5, 5.41) is 15.3. The van der Waals surface area contributed by atoms with Gasteiger partial charge in [0.2, 0.25) is 6.10 Å². The summed E-state index contributed by atoms with van der Waals surface area (Å²) in [6, 6.07) is 0. The first-order valence-electron chi connectivity index (χ1n) is 1.83. The van der Waals surface area contributed by atoms with Gasteiger partial charge in [-0.1, -0.05) is 0 Å². The van der Waals surface area contributed by atoms with Crippen LogP contribution < -0.4 is 0 Å². The van der Waals surface area contributed by atoms with Crippen LogP contribution in [0.25, 0.3) is 0 Å². The van der Waals surface area contributed by atoms with Gasteiger partial charge in [-0.25, -0.2) is 4.79 Å². The van der Waals surface area contributed by atoms with Gasteiger partial charge in [-0.3, -0.25) is 0 Å². The van der Waals surface area contributed by atoms with Gasteiger partial charge >= 0.3 is 12.1 Å². The second kappa shape index (κ2) is 2.22. The lowest BCUT2D eigenvalue weighted by molar-refractivity contribution is -0.214. The van der Waals surface area contributed by atoms with E-state index in [2.05, 4.69) is 0 Å². The van der Waals surface area contributed by atoms with Crippen molar-refractivity contribution in [2.45, 2.75) is 12.3 Å². The molecule has 0 saturated carbocycles. The van der Waals surface area contributed by atoms with Crippen molar-refractivity contribution in [3.05, 3.63) is 0 Å². The number of rotatable bonds is 1. The molecule has 3 nitrogen and oxygen atoms in total. The fourth-order valence-corrected chi connectivity index (χ4v) is 0.140. The third-order valence-electron chi connectivity index (χ3n) is 0.544. The number of aliphatic hydroxyl groups is 1. The van der Waals surface area contributed by atoms with E-state index in [0.29, 0.717) is 0 Å². The second-order valence-electron chi connectivity index (χ2n) is 1.28. The monoisotopic (exact) mass is 144 g/mol. The number of aliphatic hydroxyl groups excluding tert-OH is 1. The van der Waals surface area contributed by atoms with E-state index >= 15 is 0 Å². The zero-order valence-corrected chi connectivity index (χ0v) is 4.01. The lowest BCUT2D eigenvalue weighted by Crippen LogP contribution is -2.35. The number of halogens is 3. The van der Waals surface area contributed by atoms with Crippen molar-refractivity contribution in [2.24, 2.45) is 0 Å². The molecule has 0 aliphatic rings. The van der Waals surface area contributed by atoms with Gasteiger partial charge in [0.1, 0.15) is 0 Å². The second-order valence-corrected chi connectivity index (χ2v) is 1.28. The summed E-state index contributed by atoms with van der Waals surface area (Å²) in [5.74, 6) is -2.29. The number of aliphatic carboxylic acids is 1. The van der Waals surface area contributed by atoms with Gasteiger partial charge in [-0.05, 0) is 0 Å². The molecule has 0 saturated heterocycles. The van der Waals surface area contributed by atoms with Crippen LogP contribution in [0.3, 0.4) is 0 Å². The van der Waals surface area contributed by atoms with Crippen LogP contribution in [0.15, 0.2) is 0 Å². The lowest BCUT2D eigenvalue weighted by atomic mass is 10.4. The van der Waals surface area contributed by atoms with Crippen LogP contribution in [0.1, 0.15) is 0 Å². The predicted molar refractivity (Wildman–Crippen MR) is 19.7 cm³/mol. The van der Waals surface area contributed by atoms with Gasteiger partial charge in [-0.2, -0.15) is 13.2 Å². The normalized spacial score (nSPS) is 15.1. The zero-order valence-electron chi connectivity index (χ0n) is 4.01. The van der Waals surface area contributed by atoms with E-state index in [4.69, 9.17) is 10.2 Å². The fraction of sp³-hybridized carbons (Fsp3) is 0.667. The summed E-state index contributed by atoms with van der Waals surface area (Å²) >= 11 is 0. The first-order chi connectivity index (χ1) is 3.85. The Hall–Kier alpha value is -0.780. The zero-order chi connectivity index (χ0) is 7.65. The molecule has 1 atom stereocenters. The van der Waals surface area contributed by atoms with E-state index in [1.807, 2.05) is 0 Å². The van der Waals surface area contributed by atoms with Crippen molar-refractivity contribution in [2.75, 3.05) is 0 Å². The van der Waals surface area contributed by atoms with E-state index in [1.54, 1.807) is 0 Å². The third-order valence-corrected chi connectivity index (χ3v) is 0.544. The SMILES string of the molecule is O=C(O)[C@@H](O)C(F)(F)F. The van der Waals surface area contributed by atoms with Gasteiger partial charge in [-0.15, -0.1) is 0 Å². The Bertz CT molecular complexity index is 118. The maximum atomic E-state index is 11.1. The molecule has 0 aliphatic carbocycles. The van der Waals surface area contributed by atoms with E-state index in [1.165, 1.54) is 0 Å². The highest BCUT2D eigenvalue weighted by molar-refractivity contribution is 5.72. The molecule has 0 aromatic rings. The minimum Gasteiger partial charge on any atom is -0.479 e. The summed E-state index contributed by atoms with van der Waals surface area (Å²) in [6.45, 7) is 0. The molecule has 9 heavy (non-hydrogen) atoms. The molecule has 0 spiro atoms. The van der Waals surface area contributed by atoms with Crippen molar-refractivity contribution < 1.29 is 28.2 Å². The summed E-state index contributed by atoms with van der Waals surface area (Å²) < 4.78 is 33.2. The first kappa shape index (κ1) is 8.22. The smallest absolute Gasteiger partial charge is 0.425 e. The fourth-order valence-electron chi connectivity index (χ4n) is 0.140. The maximum absolute atomic E-state index is 11.1. The Balaban J connectivity index is 4.04. The van der Waals surface area contributed by atoms with E-state index < -0.39 is 18.2 Å². The number of hydrogen-bond acceptors (Lipinski definition) is 2. The first-order valence-corrected chi connectivity index (χ1v) is 1.83. The molecule has 0 radical (unpaired) electrons. The van der Waals surface area contributed by atoms with Crippen molar-refractivity contribution in [3.63, 3.8) is 0 Å². The van der Waals surface area contributed by atoms with Crippen LogP contribution in [0, 0.1) is 0 Å². The number of hydrogen-bond donors (Lipinski definition) is 2. The Kier molecular flexibility index (Phi) is 2.03. The molecule has 54 valence electrons. The molecule has 2 N–H and O–H groups in total. The minimum atomic E-state index is -5.06. The highest BCUT2D eigenvalue weighted by Crippen LogP contribution is 2.19. The van der Waals surface area contributed by atoms with Crippen LogP contribution in [-0.4, -0.2) is 28.5 Å². The summed E-state index contributed by atoms with van der Waals surface area (Å²) in [4.78, 5) is 9.38. The Morgan fingerprint density at radius 1 is 1.44 bits per heavy atom. The molecule has 0 amide bonds. The van der Waals surface area contributed by atoms with Crippen molar-refractivity contribution >= 4 is 5.97 Å². The van der Waals surface area contributed by atoms with E-state index in [-0.39, 0.29) is 0 Å². The third kappa shape index (κ3) is 2.31. The van der Waals surface area contributed by atoms with Gasteiger partial charge in [0, 0.05) is 0 Å². The van der Waals surface area contributed by atoms with E-state index in [0.717, 1.165) is 0 Å². The topological polar surface area (TPSA) is 57.5 Å². The summed E-state index contributed by atoms with van der Waals surface area (Å²) in [7, 11) is 0. The van der Waals surface area contributed by atoms with Crippen LogP contribution in [0.5, 0.6) is 0 Å². The molecule has 0 rings (SSSR count).